The first-order valence-corrected chi connectivity index (χ1v) is 7.68. The first-order chi connectivity index (χ1) is 9.12. The molecule has 0 aliphatic carbocycles. The molecule has 0 unspecified atom stereocenters. The number of unbranched alkanes of at least 4 members (excludes halogenated alkanes) is 1. The summed E-state index contributed by atoms with van der Waals surface area (Å²) in [6.45, 7) is 10.5. The quantitative estimate of drug-likeness (QED) is 0.778. The molecule has 0 radical (unpaired) electrons. The van der Waals surface area contributed by atoms with E-state index in [1.807, 2.05) is 0 Å². The highest BCUT2D eigenvalue weighted by Crippen LogP contribution is 2.18. The summed E-state index contributed by atoms with van der Waals surface area (Å²) in [6.07, 6.45) is 3.66. The normalized spacial score (nSPS) is 10.3. The van der Waals surface area contributed by atoms with Gasteiger partial charge in [0, 0.05) is 18.8 Å². The van der Waals surface area contributed by atoms with Crippen LogP contribution in [0, 0.1) is 6.92 Å². The van der Waals surface area contributed by atoms with Crippen LogP contribution in [0.4, 0.5) is 5.69 Å². The molecule has 0 spiro atoms. The van der Waals surface area contributed by atoms with Crippen LogP contribution < -0.4 is 5.32 Å². The van der Waals surface area contributed by atoms with Gasteiger partial charge in [-0.05, 0) is 63.0 Å². The fraction of sp³-hybridized carbons (Fsp3) is 0.562. The molecule has 1 aromatic rings. The molecule has 1 rings (SSSR count). The molecule has 0 atom stereocenters. The van der Waals surface area contributed by atoms with Gasteiger partial charge in [0.1, 0.15) is 0 Å². The number of nitrogens with one attached hydrogen (secondary N) is 1. The predicted molar refractivity (Wildman–Crippen MR) is 88.9 cm³/mol. The summed E-state index contributed by atoms with van der Waals surface area (Å²) in [6, 6.07) is 6.62. The van der Waals surface area contributed by atoms with Crippen molar-refractivity contribution in [3.63, 3.8) is 0 Å². The van der Waals surface area contributed by atoms with Gasteiger partial charge in [-0.1, -0.05) is 25.5 Å². The van der Waals surface area contributed by atoms with Gasteiger partial charge in [-0.3, -0.25) is 0 Å². The summed E-state index contributed by atoms with van der Waals surface area (Å²) >= 11 is 5.43. The van der Waals surface area contributed by atoms with Gasteiger partial charge in [0.15, 0.2) is 5.11 Å². The van der Waals surface area contributed by atoms with Crippen molar-refractivity contribution in [1.29, 1.82) is 0 Å². The van der Waals surface area contributed by atoms with Crippen LogP contribution in [0.5, 0.6) is 0 Å². The fourth-order valence-electron chi connectivity index (χ4n) is 2.11. The summed E-state index contributed by atoms with van der Waals surface area (Å²) in [7, 11) is 0. The van der Waals surface area contributed by atoms with Crippen molar-refractivity contribution < 1.29 is 0 Å². The van der Waals surface area contributed by atoms with Crippen molar-refractivity contribution in [2.24, 2.45) is 0 Å². The van der Waals surface area contributed by atoms with Gasteiger partial charge in [-0.2, -0.15) is 0 Å². The highest BCUT2D eigenvalue weighted by molar-refractivity contribution is 7.80. The standard InChI is InChI=1S/C16H26N2S/c1-5-8-9-14-10-11-15(13(4)12-14)17-16(19)18(6-2)7-3/h10-12H,5-9H2,1-4H3,(H,17,19). The maximum absolute atomic E-state index is 5.43. The van der Waals surface area contributed by atoms with Crippen molar-refractivity contribution in [3.8, 4) is 0 Å². The van der Waals surface area contributed by atoms with E-state index in [0.29, 0.717) is 0 Å². The van der Waals surface area contributed by atoms with Crippen molar-refractivity contribution in [1.82, 2.24) is 4.90 Å². The van der Waals surface area contributed by atoms with E-state index in [1.165, 1.54) is 24.0 Å². The monoisotopic (exact) mass is 278 g/mol. The van der Waals surface area contributed by atoms with Crippen molar-refractivity contribution in [2.45, 2.75) is 47.0 Å². The van der Waals surface area contributed by atoms with Gasteiger partial charge in [0.2, 0.25) is 0 Å². The largest absolute Gasteiger partial charge is 0.350 e. The molecule has 0 fully saturated rings. The van der Waals surface area contributed by atoms with E-state index < -0.39 is 0 Å². The highest BCUT2D eigenvalue weighted by atomic mass is 32.1. The molecule has 19 heavy (non-hydrogen) atoms. The first-order valence-electron chi connectivity index (χ1n) is 7.27. The topological polar surface area (TPSA) is 15.3 Å². The van der Waals surface area contributed by atoms with Crippen LogP contribution >= 0.6 is 12.2 Å². The number of anilines is 1. The molecule has 2 nitrogen and oxygen atoms in total. The summed E-state index contributed by atoms with van der Waals surface area (Å²) in [5.74, 6) is 0. The van der Waals surface area contributed by atoms with Crippen molar-refractivity contribution >= 4 is 23.0 Å². The van der Waals surface area contributed by atoms with E-state index >= 15 is 0 Å². The lowest BCUT2D eigenvalue weighted by Crippen LogP contribution is -2.34. The molecular weight excluding hydrogens is 252 g/mol. The zero-order valence-electron chi connectivity index (χ0n) is 12.6. The molecule has 0 saturated heterocycles. The maximum atomic E-state index is 5.43. The number of benzene rings is 1. The molecule has 106 valence electrons. The molecule has 1 N–H and O–H groups in total. The Labute approximate surface area is 123 Å². The van der Waals surface area contributed by atoms with Gasteiger partial charge in [-0.15, -0.1) is 0 Å². The third-order valence-corrected chi connectivity index (χ3v) is 3.76. The van der Waals surface area contributed by atoms with Crippen LogP contribution in [0.1, 0.15) is 44.7 Å². The van der Waals surface area contributed by atoms with Crippen molar-refractivity contribution in [3.05, 3.63) is 29.3 Å². The van der Waals surface area contributed by atoms with E-state index in [9.17, 15) is 0 Å². The average Bonchev–Trinajstić information content (AvgIpc) is 2.40. The van der Waals surface area contributed by atoms with Crippen LogP contribution in [0.2, 0.25) is 0 Å². The minimum absolute atomic E-state index is 0.814. The zero-order chi connectivity index (χ0) is 14.3. The number of aryl methyl sites for hydroxylation is 2. The Balaban J connectivity index is 2.71. The molecule has 0 aliphatic heterocycles. The average molecular weight is 278 g/mol. The Kier molecular flexibility index (Phi) is 6.85. The Hall–Kier alpha value is -1.09. The third kappa shape index (κ3) is 4.83. The van der Waals surface area contributed by atoms with Gasteiger partial charge < -0.3 is 10.2 Å². The Morgan fingerprint density at radius 1 is 1.21 bits per heavy atom. The zero-order valence-corrected chi connectivity index (χ0v) is 13.4. The van der Waals surface area contributed by atoms with Crippen LogP contribution in [0.15, 0.2) is 18.2 Å². The van der Waals surface area contributed by atoms with Gasteiger partial charge in [-0.25, -0.2) is 0 Å². The molecule has 0 aliphatic rings. The molecule has 0 saturated carbocycles. The minimum Gasteiger partial charge on any atom is -0.350 e. The highest BCUT2D eigenvalue weighted by Gasteiger charge is 2.07. The summed E-state index contributed by atoms with van der Waals surface area (Å²) < 4.78 is 0. The number of hydrogen-bond donors (Lipinski definition) is 1. The Bertz CT molecular complexity index is 411. The number of nitrogens with zero attached hydrogens (tertiary/aromatic N) is 1. The number of thiocarbonyl (C=S) groups is 1. The Morgan fingerprint density at radius 3 is 2.42 bits per heavy atom. The molecule has 0 amide bonds. The third-order valence-electron chi connectivity index (χ3n) is 3.40. The van der Waals surface area contributed by atoms with Crippen LogP contribution in [0.25, 0.3) is 0 Å². The van der Waals surface area contributed by atoms with Crippen LogP contribution in [0.3, 0.4) is 0 Å². The molecule has 3 heteroatoms. The van der Waals surface area contributed by atoms with E-state index in [4.69, 9.17) is 12.2 Å². The second-order valence-corrected chi connectivity index (χ2v) is 5.24. The van der Waals surface area contributed by atoms with E-state index in [2.05, 4.69) is 56.1 Å². The second kappa shape index (κ2) is 8.16. The summed E-state index contributed by atoms with van der Waals surface area (Å²) in [5, 5.41) is 4.17. The van der Waals surface area contributed by atoms with E-state index in [1.54, 1.807) is 0 Å². The van der Waals surface area contributed by atoms with Gasteiger partial charge in [0.25, 0.3) is 0 Å². The summed E-state index contributed by atoms with van der Waals surface area (Å²) in [4.78, 5) is 2.15. The lowest BCUT2D eigenvalue weighted by atomic mass is 10.0. The Morgan fingerprint density at radius 2 is 1.89 bits per heavy atom. The lowest BCUT2D eigenvalue weighted by Gasteiger charge is -2.23. The second-order valence-electron chi connectivity index (χ2n) is 4.86. The number of hydrogen-bond acceptors (Lipinski definition) is 1. The lowest BCUT2D eigenvalue weighted by molar-refractivity contribution is 0.473. The predicted octanol–water partition coefficient (Wildman–Crippen LogP) is 4.38. The van der Waals surface area contributed by atoms with Gasteiger partial charge >= 0.3 is 0 Å². The molecule has 0 bridgehead atoms. The van der Waals surface area contributed by atoms with Crippen molar-refractivity contribution in [2.75, 3.05) is 18.4 Å². The molecule has 1 aromatic carbocycles. The molecule has 0 aromatic heterocycles. The smallest absolute Gasteiger partial charge is 0.173 e. The van der Waals surface area contributed by atoms with Crippen LogP contribution in [-0.2, 0) is 6.42 Å². The van der Waals surface area contributed by atoms with Gasteiger partial charge in [0.05, 0.1) is 0 Å². The van der Waals surface area contributed by atoms with E-state index in [0.717, 1.165) is 30.3 Å². The fourth-order valence-corrected chi connectivity index (χ4v) is 2.48. The van der Waals surface area contributed by atoms with Crippen LogP contribution in [-0.4, -0.2) is 23.1 Å². The maximum Gasteiger partial charge on any atom is 0.173 e. The molecule has 0 heterocycles. The minimum atomic E-state index is 0.814. The SMILES string of the molecule is CCCCc1ccc(NC(=S)N(CC)CC)c(C)c1. The number of rotatable bonds is 6. The first kappa shape index (κ1) is 16.0. The molecular formula is C16H26N2S. The summed E-state index contributed by atoms with van der Waals surface area (Å²) in [5.41, 5.74) is 3.80. The van der Waals surface area contributed by atoms with E-state index in [-0.39, 0.29) is 0 Å².